The van der Waals surface area contributed by atoms with Crippen molar-refractivity contribution in [2.24, 2.45) is 4.99 Å². The predicted molar refractivity (Wildman–Crippen MR) is 86.5 cm³/mol. The number of ether oxygens (including phenoxy) is 1. The van der Waals surface area contributed by atoms with Crippen LogP contribution < -0.4 is 5.32 Å². The molecule has 3 aliphatic rings. The fourth-order valence-corrected chi connectivity index (χ4v) is 3.44. The minimum Gasteiger partial charge on any atom is -0.472 e. The molecule has 0 radical (unpaired) electrons. The number of hydrogen-bond donors (Lipinski definition) is 1. The molecule has 0 bridgehead atoms. The van der Waals surface area contributed by atoms with Gasteiger partial charge in [-0.05, 0) is 42.2 Å². The summed E-state index contributed by atoms with van der Waals surface area (Å²) in [4.78, 5) is 9.19. The monoisotopic (exact) mass is 293 g/mol. The molecule has 22 heavy (non-hydrogen) atoms. The highest BCUT2D eigenvalue weighted by Crippen LogP contribution is 2.42. The van der Waals surface area contributed by atoms with Crippen molar-refractivity contribution < 1.29 is 4.74 Å². The Labute approximate surface area is 130 Å². The summed E-state index contributed by atoms with van der Waals surface area (Å²) in [5.41, 5.74) is 5.23. The first-order chi connectivity index (χ1) is 10.9. The van der Waals surface area contributed by atoms with Gasteiger partial charge in [0.25, 0.3) is 0 Å². The van der Waals surface area contributed by atoms with Gasteiger partial charge in [-0.1, -0.05) is 11.6 Å². The van der Waals surface area contributed by atoms with E-state index in [4.69, 9.17) is 4.74 Å². The van der Waals surface area contributed by atoms with Crippen LogP contribution in [-0.2, 0) is 4.74 Å². The Hall–Kier alpha value is -2.36. The Morgan fingerprint density at radius 1 is 1.27 bits per heavy atom. The SMILES string of the molecule is C1=CC2=C(C(CC3=NCCN3)c3ccccn3)CCC2=CO1. The molecule has 2 aliphatic heterocycles. The van der Waals surface area contributed by atoms with E-state index in [1.165, 1.54) is 16.7 Å². The highest BCUT2D eigenvalue weighted by Gasteiger charge is 2.29. The van der Waals surface area contributed by atoms with Crippen molar-refractivity contribution in [1.29, 1.82) is 0 Å². The molecule has 0 saturated heterocycles. The zero-order valence-corrected chi connectivity index (χ0v) is 12.5. The second-order valence-electron chi connectivity index (χ2n) is 5.79. The molecule has 112 valence electrons. The maximum absolute atomic E-state index is 5.32. The second kappa shape index (κ2) is 5.79. The molecule has 0 spiro atoms. The van der Waals surface area contributed by atoms with Gasteiger partial charge in [-0.3, -0.25) is 9.98 Å². The standard InChI is InChI=1S/C18H19N3O/c1-2-7-19-17(3-1)16(11-18-20-8-9-21-18)15-5-4-13-12-22-10-6-14(13)15/h1-3,6-7,10,12,16H,4-5,8-9,11H2,(H,20,21). The van der Waals surface area contributed by atoms with Crippen LogP contribution in [0.15, 0.2) is 64.7 Å². The van der Waals surface area contributed by atoms with Gasteiger partial charge in [-0.2, -0.15) is 0 Å². The van der Waals surface area contributed by atoms with Crippen molar-refractivity contribution in [2.75, 3.05) is 13.1 Å². The zero-order chi connectivity index (χ0) is 14.8. The molecule has 0 saturated carbocycles. The minimum atomic E-state index is 0.286. The third kappa shape index (κ3) is 2.45. The molecule has 3 heterocycles. The van der Waals surface area contributed by atoms with Crippen LogP contribution in [0.5, 0.6) is 0 Å². The maximum Gasteiger partial charge on any atom is 0.0974 e. The number of fused-ring (bicyclic) bond motifs is 1. The Balaban J connectivity index is 1.72. The fraction of sp³-hybridized carbons (Fsp3) is 0.333. The predicted octanol–water partition coefficient (Wildman–Crippen LogP) is 3.08. The van der Waals surface area contributed by atoms with E-state index >= 15 is 0 Å². The summed E-state index contributed by atoms with van der Waals surface area (Å²) in [6.45, 7) is 1.84. The van der Waals surface area contributed by atoms with E-state index in [9.17, 15) is 0 Å². The van der Waals surface area contributed by atoms with Crippen molar-refractivity contribution in [3.8, 4) is 0 Å². The number of aliphatic imine (C=N–C) groups is 1. The number of nitrogens with one attached hydrogen (secondary N) is 1. The van der Waals surface area contributed by atoms with Gasteiger partial charge in [0.1, 0.15) is 0 Å². The normalized spacial score (nSPS) is 20.9. The summed E-state index contributed by atoms with van der Waals surface area (Å²) in [5, 5.41) is 3.39. The van der Waals surface area contributed by atoms with Gasteiger partial charge < -0.3 is 10.1 Å². The average Bonchev–Trinajstić information content (AvgIpc) is 3.23. The molecule has 1 atom stereocenters. The lowest BCUT2D eigenvalue weighted by molar-refractivity contribution is 0.393. The largest absolute Gasteiger partial charge is 0.472 e. The molecule has 4 rings (SSSR count). The quantitative estimate of drug-likeness (QED) is 0.928. The third-order valence-corrected chi connectivity index (χ3v) is 4.49. The lowest BCUT2D eigenvalue weighted by Crippen LogP contribution is -2.22. The Bertz CT molecular complexity index is 686. The van der Waals surface area contributed by atoms with Crippen molar-refractivity contribution in [2.45, 2.75) is 25.2 Å². The number of rotatable bonds is 4. The molecule has 0 fully saturated rings. The van der Waals surface area contributed by atoms with E-state index in [0.717, 1.165) is 43.9 Å². The molecular formula is C18H19N3O. The first-order valence-electron chi connectivity index (χ1n) is 7.84. The van der Waals surface area contributed by atoms with Gasteiger partial charge >= 0.3 is 0 Å². The molecule has 1 aromatic heterocycles. The van der Waals surface area contributed by atoms with Crippen molar-refractivity contribution in [3.05, 3.63) is 65.4 Å². The van der Waals surface area contributed by atoms with Crippen LogP contribution in [0.3, 0.4) is 0 Å². The molecule has 4 nitrogen and oxygen atoms in total. The van der Waals surface area contributed by atoms with Gasteiger partial charge in [-0.15, -0.1) is 0 Å². The van der Waals surface area contributed by atoms with E-state index in [-0.39, 0.29) is 5.92 Å². The Morgan fingerprint density at radius 3 is 3.09 bits per heavy atom. The Morgan fingerprint density at radius 2 is 2.27 bits per heavy atom. The summed E-state index contributed by atoms with van der Waals surface area (Å²) >= 11 is 0. The summed E-state index contributed by atoms with van der Waals surface area (Å²) < 4.78 is 5.32. The topological polar surface area (TPSA) is 46.5 Å². The number of hydrogen-bond acceptors (Lipinski definition) is 4. The molecule has 1 unspecified atom stereocenters. The molecular weight excluding hydrogens is 274 g/mol. The van der Waals surface area contributed by atoms with Crippen LogP contribution in [0.2, 0.25) is 0 Å². The maximum atomic E-state index is 5.32. The highest BCUT2D eigenvalue weighted by atomic mass is 16.5. The van der Waals surface area contributed by atoms with Crippen LogP contribution in [0.4, 0.5) is 0 Å². The van der Waals surface area contributed by atoms with Gasteiger partial charge in [0.2, 0.25) is 0 Å². The number of aromatic nitrogens is 1. The number of allylic oxidation sites excluding steroid dienone is 4. The van der Waals surface area contributed by atoms with Crippen LogP contribution in [-0.4, -0.2) is 23.9 Å². The van der Waals surface area contributed by atoms with Gasteiger partial charge in [0.15, 0.2) is 0 Å². The molecule has 0 aromatic carbocycles. The third-order valence-electron chi connectivity index (χ3n) is 4.49. The van der Waals surface area contributed by atoms with E-state index in [2.05, 4.69) is 33.5 Å². The molecule has 4 heteroatoms. The van der Waals surface area contributed by atoms with Crippen molar-refractivity contribution >= 4 is 5.84 Å². The minimum absolute atomic E-state index is 0.286. The van der Waals surface area contributed by atoms with E-state index in [1.807, 2.05) is 18.5 Å². The van der Waals surface area contributed by atoms with Crippen molar-refractivity contribution in [3.63, 3.8) is 0 Å². The van der Waals surface area contributed by atoms with Crippen molar-refractivity contribution in [1.82, 2.24) is 10.3 Å². The lowest BCUT2D eigenvalue weighted by atomic mass is 9.88. The average molecular weight is 293 g/mol. The number of nitrogens with zero attached hydrogens (tertiary/aromatic N) is 2. The highest BCUT2D eigenvalue weighted by molar-refractivity contribution is 5.84. The van der Waals surface area contributed by atoms with Crippen LogP contribution >= 0.6 is 0 Å². The van der Waals surface area contributed by atoms with Crippen LogP contribution in [0, 0.1) is 0 Å². The van der Waals surface area contributed by atoms with Crippen LogP contribution in [0.1, 0.15) is 30.9 Å². The second-order valence-corrected chi connectivity index (χ2v) is 5.79. The van der Waals surface area contributed by atoms with Gasteiger partial charge in [0.05, 0.1) is 24.9 Å². The van der Waals surface area contributed by atoms with E-state index in [1.54, 1.807) is 6.26 Å². The first kappa shape index (κ1) is 13.3. The fourth-order valence-electron chi connectivity index (χ4n) is 3.44. The van der Waals surface area contributed by atoms with E-state index in [0.29, 0.717) is 0 Å². The Kier molecular flexibility index (Phi) is 3.51. The molecule has 1 aliphatic carbocycles. The van der Waals surface area contributed by atoms with Gasteiger partial charge in [0, 0.05) is 30.8 Å². The number of pyridine rings is 1. The van der Waals surface area contributed by atoms with E-state index < -0.39 is 0 Å². The van der Waals surface area contributed by atoms with Gasteiger partial charge in [-0.25, -0.2) is 0 Å². The molecule has 1 aromatic rings. The summed E-state index contributed by atoms with van der Waals surface area (Å²) in [7, 11) is 0. The smallest absolute Gasteiger partial charge is 0.0974 e. The zero-order valence-electron chi connectivity index (χ0n) is 12.5. The molecule has 0 amide bonds. The lowest BCUT2D eigenvalue weighted by Gasteiger charge is -2.20. The summed E-state index contributed by atoms with van der Waals surface area (Å²) in [6, 6.07) is 6.16. The van der Waals surface area contributed by atoms with Crippen LogP contribution in [0.25, 0.3) is 0 Å². The number of amidine groups is 1. The molecule has 1 N–H and O–H groups in total. The summed E-state index contributed by atoms with van der Waals surface area (Å²) in [6.07, 6.45) is 10.6. The first-order valence-corrected chi connectivity index (χ1v) is 7.84. The summed E-state index contributed by atoms with van der Waals surface area (Å²) in [5.74, 6) is 1.39.